The number of anilines is 1. The fourth-order valence-corrected chi connectivity index (χ4v) is 4.69. The number of piperidine rings is 2. The monoisotopic (exact) mass is 466 g/mol. The Labute approximate surface area is 146 Å². The van der Waals surface area contributed by atoms with Crippen molar-refractivity contribution in [2.45, 2.75) is 38.1 Å². The predicted molar refractivity (Wildman–Crippen MR) is 85.7 cm³/mol. The normalized spacial score (nSPS) is 30.5. The van der Waals surface area contributed by atoms with E-state index in [1.54, 1.807) is 0 Å². The van der Waals surface area contributed by atoms with Crippen LogP contribution in [0.1, 0.15) is 38.2 Å². The Morgan fingerprint density at radius 2 is 1.73 bits per heavy atom. The molecule has 1 saturated carbocycles. The summed E-state index contributed by atoms with van der Waals surface area (Å²) in [6.45, 7) is 4.92. The third-order valence-electron chi connectivity index (χ3n) is 5.92. The fraction of sp³-hybridized carbons (Fsp3) is 0.350. The van der Waals surface area contributed by atoms with Crippen LogP contribution in [-0.2, 0) is 25.6 Å². The number of rotatable bonds is 0. The second-order valence-electron chi connectivity index (χ2n) is 7.16. The maximum atomic E-state index is 3.52. The van der Waals surface area contributed by atoms with Crippen molar-refractivity contribution in [3.63, 3.8) is 0 Å². The molecule has 1 spiro atoms. The molecule has 1 aliphatic carbocycles. The van der Waals surface area contributed by atoms with E-state index in [4.69, 9.17) is 0 Å². The molecule has 113 valence electrons. The zero-order valence-corrected chi connectivity index (χ0v) is 15.1. The van der Waals surface area contributed by atoms with E-state index in [0.29, 0.717) is 5.41 Å². The minimum atomic E-state index is 0. The molecule has 2 aromatic carbocycles. The van der Waals surface area contributed by atoms with Gasteiger partial charge in [0.15, 0.2) is 6.54 Å². The average molecular weight is 466 g/mol. The molecule has 1 nitrogen and oxygen atoms in total. The van der Waals surface area contributed by atoms with E-state index in [0.717, 1.165) is 0 Å². The molecule has 2 heteroatoms. The summed E-state index contributed by atoms with van der Waals surface area (Å²) >= 11 is 0. The molecule has 2 bridgehead atoms. The van der Waals surface area contributed by atoms with Gasteiger partial charge in [-0.05, 0) is 43.9 Å². The summed E-state index contributed by atoms with van der Waals surface area (Å²) in [5, 5.41) is 0. The molecule has 6 rings (SSSR count). The molecule has 0 amide bonds. The molecule has 3 heterocycles. The first kappa shape index (κ1) is 14.4. The van der Waals surface area contributed by atoms with E-state index in [1.807, 2.05) is 0 Å². The van der Waals surface area contributed by atoms with Crippen LogP contribution in [0.2, 0.25) is 0 Å². The Balaban J connectivity index is 0.00000125. The van der Waals surface area contributed by atoms with Gasteiger partial charge in [-0.15, -0.1) is 5.56 Å². The van der Waals surface area contributed by atoms with Crippen LogP contribution >= 0.6 is 0 Å². The van der Waals surface area contributed by atoms with Crippen molar-refractivity contribution in [1.82, 2.24) is 0 Å². The Hall–Kier alpha value is -1.24. The molecule has 4 aliphatic rings. The molecule has 22 heavy (non-hydrogen) atoms. The molecule has 0 N–H and O–H groups in total. The maximum absolute atomic E-state index is 3.52. The molecule has 3 fully saturated rings. The van der Waals surface area contributed by atoms with Gasteiger partial charge in [0.05, 0.1) is 0 Å². The van der Waals surface area contributed by atoms with Gasteiger partial charge in [-0.3, -0.25) is 0 Å². The maximum Gasteiger partial charge on any atom is 0.187 e. The van der Waals surface area contributed by atoms with Crippen molar-refractivity contribution in [3.8, 4) is 11.1 Å². The van der Waals surface area contributed by atoms with E-state index >= 15 is 0 Å². The molecule has 2 saturated heterocycles. The fourth-order valence-electron chi connectivity index (χ4n) is 4.69. The first-order chi connectivity index (χ1) is 10.2. The van der Waals surface area contributed by atoms with Crippen molar-refractivity contribution in [2.24, 2.45) is 5.41 Å². The molecular weight excluding hydrogens is 446 g/mol. The van der Waals surface area contributed by atoms with E-state index in [2.05, 4.69) is 66.9 Å². The van der Waals surface area contributed by atoms with Gasteiger partial charge in [0.25, 0.3) is 0 Å². The van der Waals surface area contributed by atoms with E-state index < -0.39 is 0 Å². The molecule has 0 aromatic heterocycles. The second kappa shape index (κ2) is 4.63. The standard InChI is InChI=1S/C20H19N.Ir/c1-19-10-12-20(13-11-19)17-8-4-2-6-15(17)16-7-3-5-9-18(16)21(20)14-19;/h2-8,14H,10-13H2,1H3;. The summed E-state index contributed by atoms with van der Waals surface area (Å²) in [6, 6.07) is 18.9. The summed E-state index contributed by atoms with van der Waals surface area (Å²) in [4.78, 5) is 2.57. The SMILES string of the molecule is CC12[CH+]N3c4[c-]cccc4-c4ccccc4C3(CC1)CC2.[Ir]. The average Bonchev–Trinajstić information content (AvgIpc) is 2.55. The van der Waals surface area contributed by atoms with Crippen LogP contribution in [-0.4, -0.2) is 0 Å². The summed E-state index contributed by atoms with van der Waals surface area (Å²) < 4.78 is 0. The Morgan fingerprint density at radius 3 is 2.55 bits per heavy atom. The first-order valence-electron chi connectivity index (χ1n) is 7.98. The van der Waals surface area contributed by atoms with Crippen molar-refractivity contribution in [1.29, 1.82) is 0 Å². The molecular formula is C20H19IrN. The second-order valence-corrected chi connectivity index (χ2v) is 7.16. The van der Waals surface area contributed by atoms with E-state index in [-0.39, 0.29) is 25.6 Å². The van der Waals surface area contributed by atoms with Gasteiger partial charge in [0, 0.05) is 20.1 Å². The zero-order valence-electron chi connectivity index (χ0n) is 12.7. The van der Waals surface area contributed by atoms with Crippen LogP contribution in [0.25, 0.3) is 11.1 Å². The smallest absolute Gasteiger partial charge is 0.187 e. The third-order valence-corrected chi connectivity index (χ3v) is 5.92. The van der Waals surface area contributed by atoms with Gasteiger partial charge >= 0.3 is 0 Å². The zero-order chi connectivity index (χ0) is 14.1. The topological polar surface area (TPSA) is 3.24 Å². The van der Waals surface area contributed by atoms with Gasteiger partial charge in [-0.25, -0.2) is 4.90 Å². The minimum Gasteiger partial charge on any atom is -0.227 e. The molecule has 0 unspecified atom stereocenters. The van der Waals surface area contributed by atoms with E-state index in [1.165, 1.54) is 48.1 Å². The number of hydrogen-bond acceptors (Lipinski definition) is 1. The van der Waals surface area contributed by atoms with Crippen molar-refractivity contribution in [3.05, 3.63) is 60.6 Å². The molecule has 1 radical (unpaired) electrons. The van der Waals surface area contributed by atoms with Crippen LogP contribution in [0, 0.1) is 18.0 Å². The number of nitrogens with zero attached hydrogens (tertiary/aromatic N) is 1. The van der Waals surface area contributed by atoms with Crippen molar-refractivity contribution in [2.75, 3.05) is 4.90 Å². The predicted octanol–water partition coefficient (Wildman–Crippen LogP) is 4.92. The summed E-state index contributed by atoms with van der Waals surface area (Å²) in [6.07, 6.45) is 5.14. The van der Waals surface area contributed by atoms with Gasteiger partial charge in [0.1, 0.15) is 11.0 Å². The van der Waals surface area contributed by atoms with Crippen LogP contribution in [0.15, 0.2) is 42.5 Å². The van der Waals surface area contributed by atoms with Gasteiger partial charge in [0.2, 0.25) is 0 Å². The molecule has 2 aromatic rings. The molecule has 0 atom stereocenters. The van der Waals surface area contributed by atoms with Crippen LogP contribution in [0.3, 0.4) is 0 Å². The summed E-state index contributed by atoms with van der Waals surface area (Å²) in [5.74, 6) is 0. The number of para-hydroxylation sites is 1. The summed E-state index contributed by atoms with van der Waals surface area (Å²) in [7, 11) is 0. The first-order valence-corrected chi connectivity index (χ1v) is 7.98. The quantitative estimate of drug-likeness (QED) is 0.499. The largest absolute Gasteiger partial charge is 0.227 e. The van der Waals surface area contributed by atoms with Gasteiger partial charge < -0.3 is 0 Å². The van der Waals surface area contributed by atoms with Crippen LogP contribution in [0.5, 0.6) is 0 Å². The van der Waals surface area contributed by atoms with Crippen LogP contribution in [0.4, 0.5) is 5.69 Å². The number of benzene rings is 2. The summed E-state index contributed by atoms with van der Waals surface area (Å²) in [5.41, 5.74) is 6.11. The Kier molecular flexibility index (Phi) is 3.02. The van der Waals surface area contributed by atoms with Gasteiger partial charge in [-0.1, -0.05) is 29.8 Å². The van der Waals surface area contributed by atoms with Crippen molar-refractivity contribution >= 4 is 5.69 Å². The van der Waals surface area contributed by atoms with Gasteiger partial charge in [-0.2, -0.15) is 24.3 Å². The minimum absolute atomic E-state index is 0. The van der Waals surface area contributed by atoms with E-state index in [9.17, 15) is 0 Å². The number of hydrogen-bond donors (Lipinski definition) is 0. The molecule has 3 aliphatic heterocycles. The Morgan fingerprint density at radius 1 is 1.00 bits per heavy atom. The third kappa shape index (κ3) is 1.66. The van der Waals surface area contributed by atoms with Crippen molar-refractivity contribution < 1.29 is 20.1 Å². The van der Waals surface area contributed by atoms with Crippen LogP contribution < -0.4 is 4.90 Å². The number of fused-ring (bicyclic) bond motifs is 5. The Bertz CT molecular complexity index is 728.